The summed E-state index contributed by atoms with van der Waals surface area (Å²) in [7, 11) is 3.25. The first kappa shape index (κ1) is 21.2. The van der Waals surface area contributed by atoms with Gasteiger partial charge < -0.3 is 10.1 Å². The second-order valence-corrected chi connectivity index (χ2v) is 5.96. The third-order valence-corrected chi connectivity index (χ3v) is 3.59. The molecule has 0 radical (unpaired) electrons. The van der Waals surface area contributed by atoms with Crippen LogP contribution in [0.15, 0.2) is 58.8 Å². The Morgan fingerprint density at radius 3 is 2.36 bits per heavy atom. The number of para-hydroxylation sites is 1. The highest BCUT2D eigenvalue weighted by Crippen LogP contribution is 2.20. The highest BCUT2D eigenvalue weighted by molar-refractivity contribution is 5.94. The van der Waals surface area contributed by atoms with Crippen molar-refractivity contribution >= 4 is 17.9 Å². The number of guanidine groups is 1. The summed E-state index contributed by atoms with van der Waals surface area (Å²) in [5, 5.41) is 8.57. The van der Waals surface area contributed by atoms with Gasteiger partial charge in [-0.3, -0.25) is 0 Å². The average Bonchev–Trinajstić information content (AvgIpc) is 2.64. The van der Waals surface area contributed by atoms with Crippen molar-refractivity contribution in [3.63, 3.8) is 0 Å². The zero-order valence-corrected chi connectivity index (χ0v) is 15.8. The van der Waals surface area contributed by atoms with Gasteiger partial charge in [-0.2, -0.15) is 5.10 Å². The van der Waals surface area contributed by atoms with E-state index in [1.165, 1.54) is 11.2 Å². The lowest BCUT2D eigenvalue weighted by atomic mass is 10.2. The Hall–Kier alpha value is -3.13. The molecule has 1 N–H and O–H groups in total. The van der Waals surface area contributed by atoms with Crippen LogP contribution in [0.25, 0.3) is 0 Å². The van der Waals surface area contributed by atoms with Crippen LogP contribution in [0.5, 0.6) is 0 Å². The maximum atomic E-state index is 13.4. The quantitative estimate of drug-likeness (QED) is 0.797. The van der Waals surface area contributed by atoms with E-state index >= 15 is 0 Å². The van der Waals surface area contributed by atoms with Gasteiger partial charge in [-0.15, -0.1) is 0 Å². The maximum absolute atomic E-state index is 13.4. The number of hydrazone groups is 1. The van der Waals surface area contributed by atoms with Gasteiger partial charge in [-0.25, -0.2) is 23.2 Å². The molecule has 2 aromatic rings. The van der Waals surface area contributed by atoms with Gasteiger partial charge in [-0.1, -0.05) is 24.8 Å². The molecule has 148 valence electrons. The second-order valence-electron chi connectivity index (χ2n) is 5.96. The molecule has 0 aliphatic carbocycles. The van der Waals surface area contributed by atoms with E-state index in [1.54, 1.807) is 14.2 Å². The molecule has 0 amide bonds. The average molecular weight is 390 g/mol. The number of aryl methyl sites for hydroxylation is 1. The van der Waals surface area contributed by atoms with E-state index in [2.05, 4.69) is 26.7 Å². The second kappa shape index (κ2) is 9.70. The first-order chi connectivity index (χ1) is 13.3. The number of halogens is 3. The monoisotopic (exact) mass is 390 g/mol. The summed E-state index contributed by atoms with van der Waals surface area (Å²) in [6.07, 6.45) is 1.47. The number of hydrogen-bond acceptors (Lipinski definition) is 3. The van der Waals surface area contributed by atoms with Crippen molar-refractivity contribution < 1.29 is 17.9 Å². The molecule has 0 fully saturated rings. The van der Waals surface area contributed by atoms with E-state index in [9.17, 15) is 13.2 Å². The lowest BCUT2D eigenvalue weighted by Gasteiger charge is -2.26. The first-order valence-electron chi connectivity index (χ1n) is 8.31. The molecule has 0 saturated carbocycles. The van der Waals surface area contributed by atoms with Crippen LogP contribution in [0, 0.1) is 24.4 Å². The summed E-state index contributed by atoms with van der Waals surface area (Å²) in [6, 6.07) is 9.36. The number of aliphatic imine (C=N–C) groups is 1. The number of ether oxygens (including phenoxy) is 1. The third kappa shape index (κ3) is 5.43. The molecule has 0 bridgehead atoms. The Morgan fingerprint density at radius 1 is 1.14 bits per heavy atom. The molecule has 0 spiro atoms. The van der Waals surface area contributed by atoms with E-state index in [0.29, 0.717) is 11.7 Å². The topological polar surface area (TPSA) is 49.2 Å². The van der Waals surface area contributed by atoms with Gasteiger partial charge in [0.15, 0.2) is 17.5 Å². The Kier molecular flexibility index (Phi) is 7.34. The molecule has 3 rings (SSSR count). The van der Waals surface area contributed by atoms with Crippen LogP contribution in [0.1, 0.15) is 11.1 Å². The number of nitrogens with one attached hydrogen (secondary N) is 1. The van der Waals surface area contributed by atoms with Crippen molar-refractivity contribution in [3.8, 4) is 0 Å². The lowest BCUT2D eigenvalue weighted by molar-refractivity contribution is 0.277. The van der Waals surface area contributed by atoms with E-state index in [-0.39, 0.29) is 12.1 Å². The number of rotatable bonds is 3. The van der Waals surface area contributed by atoms with Crippen LogP contribution < -0.4 is 5.32 Å². The maximum Gasteiger partial charge on any atom is 0.224 e. The van der Waals surface area contributed by atoms with Gasteiger partial charge in [0, 0.05) is 14.2 Å². The Bertz CT molecular complexity index is 889. The fraction of sp³-hybridized carbons (Fsp3) is 0.200. The summed E-state index contributed by atoms with van der Waals surface area (Å²) in [5.41, 5.74) is 2.42. The molecule has 0 saturated heterocycles. The number of nitrogens with zero attached hydrogens (tertiary/aromatic N) is 3. The Morgan fingerprint density at radius 2 is 1.75 bits per heavy atom. The molecule has 5 nitrogen and oxygen atoms in total. The summed E-state index contributed by atoms with van der Waals surface area (Å²) >= 11 is 0. The van der Waals surface area contributed by atoms with Crippen LogP contribution in [0.3, 0.4) is 0 Å². The molecule has 8 heteroatoms. The van der Waals surface area contributed by atoms with Crippen molar-refractivity contribution in [2.24, 2.45) is 10.1 Å². The molecule has 0 aromatic heterocycles. The van der Waals surface area contributed by atoms with Crippen LogP contribution >= 0.6 is 0 Å². The Labute approximate surface area is 161 Å². The molecule has 1 aliphatic rings. The molecular weight excluding hydrogens is 369 g/mol. The number of methoxy groups -OCH3 is 1. The van der Waals surface area contributed by atoms with Crippen molar-refractivity contribution in [3.05, 3.63) is 77.3 Å². The molecule has 0 unspecified atom stereocenters. The van der Waals surface area contributed by atoms with Crippen molar-refractivity contribution in [2.75, 3.05) is 14.2 Å². The summed E-state index contributed by atoms with van der Waals surface area (Å²) in [4.78, 5) is 4.50. The van der Waals surface area contributed by atoms with Gasteiger partial charge in [0.2, 0.25) is 5.96 Å². The normalized spacial score (nSPS) is 14.6. The van der Waals surface area contributed by atoms with Crippen LogP contribution in [0.4, 0.5) is 18.9 Å². The zero-order valence-electron chi connectivity index (χ0n) is 15.8. The van der Waals surface area contributed by atoms with Crippen LogP contribution in [-0.4, -0.2) is 31.4 Å². The highest BCUT2D eigenvalue weighted by Gasteiger charge is 2.18. The van der Waals surface area contributed by atoms with E-state index in [0.717, 1.165) is 23.4 Å². The molecular formula is C20H21F3N4O. The largest absolute Gasteiger partial charge is 0.388 e. The first-order valence-corrected chi connectivity index (χ1v) is 8.31. The standard InChI is InChI=1S/C18H15F3N4.C2H6O/c1-11-5-3-4-6-16(11)24-18-23-12(2)9-22-25(18)10-13-7-14(19)17(21)15(20)8-13;1-3-2/h3-9H,2,10H2,1H3,(H,23,24);1-2H3. The van der Waals surface area contributed by atoms with Gasteiger partial charge in [0.25, 0.3) is 0 Å². The number of benzene rings is 2. The number of allylic oxidation sites excluding steroid dienone is 1. The van der Waals surface area contributed by atoms with Crippen LogP contribution in [-0.2, 0) is 11.3 Å². The summed E-state index contributed by atoms with van der Waals surface area (Å²) < 4.78 is 44.2. The fourth-order valence-corrected chi connectivity index (χ4v) is 2.31. The fourth-order valence-electron chi connectivity index (χ4n) is 2.31. The van der Waals surface area contributed by atoms with E-state index in [1.807, 2.05) is 31.2 Å². The molecule has 1 aliphatic heterocycles. The predicted octanol–water partition coefficient (Wildman–Crippen LogP) is 4.27. The third-order valence-electron chi connectivity index (χ3n) is 3.59. The van der Waals surface area contributed by atoms with Gasteiger partial charge in [-0.05, 0) is 36.2 Å². The van der Waals surface area contributed by atoms with Crippen molar-refractivity contribution in [1.82, 2.24) is 10.3 Å². The van der Waals surface area contributed by atoms with Crippen molar-refractivity contribution in [2.45, 2.75) is 13.5 Å². The molecule has 0 atom stereocenters. The van der Waals surface area contributed by atoms with Gasteiger partial charge in [0.1, 0.15) is 0 Å². The SMILES string of the molecule is C=C1C=NN(Cc2cc(F)c(F)c(F)c2)C(=Nc2ccccc2C)N1.COC. The zero-order chi connectivity index (χ0) is 20.7. The summed E-state index contributed by atoms with van der Waals surface area (Å²) in [6.45, 7) is 5.69. The van der Waals surface area contributed by atoms with Crippen molar-refractivity contribution in [1.29, 1.82) is 0 Å². The minimum absolute atomic E-state index is 0.00954. The minimum atomic E-state index is -1.49. The number of hydrogen-bond donors (Lipinski definition) is 1. The lowest BCUT2D eigenvalue weighted by Crippen LogP contribution is -2.41. The van der Waals surface area contributed by atoms with E-state index in [4.69, 9.17) is 0 Å². The molecule has 28 heavy (non-hydrogen) atoms. The highest BCUT2D eigenvalue weighted by atomic mass is 19.2. The summed E-state index contributed by atoms with van der Waals surface area (Å²) in [5.74, 6) is -3.63. The molecule has 2 aromatic carbocycles. The molecule has 1 heterocycles. The smallest absolute Gasteiger partial charge is 0.224 e. The van der Waals surface area contributed by atoms with Gasteiger partial charge >= 0.3 is 0 Å². The predicted molar refractivity (Wildman–Crippen MR) is 104 cm³/mol. The van der Waals surface area contributed by atoms with Gasteiger partial charge in [0.05, 0.1) is 24.1 Å². The van der Waals surface area contributed by atoms with Crippen LogP contribution in [0.2, 0.25) is 0 Å². The Balaban J connectivity index is 0.000000878. The minimum Gasteiger partial charge on any atom is -0.388 e. The van der Waals surface area contributed by atoms with E-state index < -0.39 is 17.5 Å².